The summed E-state index contributed by atoms with van der Waals surface area (Å²) in [5, 5.41) is 0. The Kier molecular flexibility index (Phi) is 42.5. The van der Waals surface area contributed by atoms with Crippen LogP contribution in [0.5, 0.6) is 0 Å². The van der Waals surface area contributed by atoms with Gasteiger partial charge in [0.2, 0.25) is 0 Å². The van der Waals surface area contributed by atoms with Crippen molar-refractivity contribution in [1.82, 2.24) is 0 Å². The monoisotopic (exact) mass is 836 g/mol. The lowest BCUT2D eigenvalue weighted by Crippen LogP contribution is -2.29. The van der Waals surface area contributed by atoms with E-state index in [4.69, 9.17) is 24.3 Å². The molecular weight excluding hydrogens is 750 g/mol. The number of carbonyl (C=O) groups is 2. The molecule has 0 amide bonds. The van der Waals surface area contributed by atoms with Crippen molar-refractivity contribution in [1.29, 1.82) is 0 Å². The van der Waals surface area contributed by atoms with Crippen LogP contribution < -0.4 is 5.73 Å². The third kappa shape index (κ3) is 43.3. The average Bonchev–Trinajstić information content (AvgIpc) is 3.21. The molecule has 2 unspecified atom stereocenters. The van der Waals surface area contributed by atoms with Crippen LogP contribution in [-0.4, -0.2) is 49.3 Å². The lowest BCUT2D eigenvalue weighted by molar-refractivity contribution is -0.160. The molecule has 9 nitrogen and oxygen atoms in total. The zero-order chi connectivity index (χ0) is 42.5. The van der Waals surface area contributed by atoms with Crippen molar-refractivity contribution in [2.24, 2.45) is 5.73 Å². The molecule has 0 spiro atoms. The minimum absolute atomic E-state index is 0.00208. The molecule has 0 radical (unpaired) electrons. The Hall–Kier alpha value is -2.29. The number of phosphoric ester groups is 1. The largest absolute Gasteiger partial charge is 0.472 e. The summed E-state index contributed by atoms with van der Waals surface area (Å²) in [6.45, 7) is 3.52. The third-order valence-corrected chi connectivity index (χ3v) is 10.7. The van der Waals surface area contributed by atoms with Crippen LogP contribution in [0.2, 0.25) is 0 Å². The van der Waals surface area contributed by atoms with Crippen LogP contribution in [0.3, 0.4) is 0 Å². The van der Waals surface area contributed by atoms with Gasteiger partial charge in [-0.3, -0.25) is 18.6 Å². The standard InChI is InChI=1S/C48H86NO8P/c1-3-5-7-9-11-13-15-17-19-20-21-22-23-24-25-27-28-30-32-34-36-38-40-47(50)54-44-46(45-56-58(52,53)55-43-42-49)57-48(51)41-39-37-35-33-31-29-26-18-16-14-12-10-8-6-4-2/h6,8,12,14,18,26,31,33,37,39,46H,3-5,7,9-11,13,15-17,19-25,27-30,32,34-36,38,40-45,49H2,1-2H3,(H,52,53)/b8-6-,14-12-,26-18-,33-31-,39-37-. The Morgan fingerprint density at radius 2 is 0.931 bits per heavy atom. The second kappa shape index (κ2) is 44.3. The van der Waals surface area contributed by atoms with Gasteiger partial charge in [-0.2, -0.15) is 0 Å². The summed E-state index contributed by atoms with van der Waals surface area (Å²) in [6, 6.07) is 0. The second-order valence-corrected chi connectivity index (χ2v) is 16.7. The van der Waals surface area contributed by atoms with Crippen molar-refractivity contribution in [2.45, 2.75) is 206 Å². The molecule has 0 aliphatic heterocycles. The van der Waals surface area contributed by atoms with E-state index in [0.717, 1.165) is 44.9 Å². The number of ether oxygens (including phenoxy) is 2. The predicted molar refractivity (Wildman–Crippen MR) is 243 cm³/mol. The Labute approximate surface area is 355 Å². The van der Waals surface area contributed by atoms with Crippen molar-refractivity contribution in [3.8, 4) is 0 Å². The van der Waals surface area contributed by atoms with E-state index < -0.39 is 32.5 Å². The van der Waals surface area contributed by atoms with Gasteiger partial charge in [-0.15, -0.1) is 0 Å². The third-order valence-electron chi connectivity index (χ3n) is 9.70. The molecular formula is C48H86NO8P. The highest BCUT2D eigenvalue weighted by Gasteiger charge is 2.25. The quantitative estimate of drug-likeness (QED) is 0.0266. The zero-order valence-electron chi connectivity index (χ0n) is 37.0. The molecule has 0 bridgehead atoms. The smallest absolute Gasteiger partial charge is 0.462 e. The van der Waals surface area contributed by atoms with Crippen molar-refractivity contribution >= 4 is 19.8 Å². The molecule has 0 aromatic heterocycles. The molecule has 0 aliphatic carbocycles. The molecule has 3 N–H and O–H groups in total. The molecule has 2 atom stereocenters. The predicted octanol–water partition coefficient (Wildman–Crippen LogP) is 13.7. The number of carbonyl (C=O) groups excluding carboxylic acids is 2. The van der Waals surface area contributed by atoms with Crippen LogP contribution in [0, 0.1) is 0 Å². The number of allylic oxidation sites excluding steroid dienone is 9. The summed E-state index contributed by atoms with van der Waals surface area (Å²) in [5.74, 6) is -0.972. The Morgan fingerprint density at radius 3 is 1.34 bits per heavy atom. The van der Waals surface area contributed by atoms with E-state index in [0.29, 0.717) is 6.42 Å². The highest BCUT2D eigenvalue weighted by molar-refractivity contribution is 7.47. The summed E-state index contributed by atoms with van der Waals surface area (Å²) >= 11 is 0. The molecule has 10 heteroatoms. The summed E-state index contributed by atoms with van der Waals surface area (Å²) in [5.41, 5.74) is 5.34. The SMILES string of the molecule is CC/C=C\C/C=C\C/C=C\C/C=C\C/C=C\CC(=O)OC(COC(=O)CCCCCCCCCCCCCCCCCCCCCCCC)COP(=O)(O)OCCN. The fraction of sp³-hybridized carbons (Fsp3) is 0.750. The average molecular weight is 836 g/mol. The van der Waals surface area contributed by atoms with Gasteiger partial charge in [-0.05, 0) is 38.5 Å². The molecule has 336 valence electrons. The van der Waals surface area contributed by atoms with Gasteiger partial charge in [-0.1, -0.05) is 209 Å². The number of phosphoric acid groups is 1. The number of unbranched alkanes of at least 4 members (excludes halogenated alkanes) is 21. The summed E-state index contributed by atoms with van der Waals surface area (Å²) in [7, 11) is -4.40. The maximum Gasteiger partial charge on any atom is 0.472 e. The maximum absolute atomic E-state index is 12.5. The van der Waals surface area contributed by atoms with Gasteiger partial charge in [0.05, 0.1) is 19.6 Å². The zero-order valence-corrected chi connectivity index (χ0v) is 37.9. The number of hydrogen-bond donors (Lipinski definition) is 2. The Balaban J connectivity index is 4.13. The molecule has 0 saturated heterocycles. The van der Waals surface area contributed by atoms with Gasteiger partial charge in [0.1, 0.15) is 6.61 Å². The molecule has 0 aromatic rings. The summed E-state index contributed by atoms with van der Waals surface area (Å²) < 4.78 is 32.7. The minimum atomic E-state index is -4.40. The molecule has 0 fully saturated rings. The van der Waals surface area contributed by atoms with Crippen LogP contribution in [0.4, 0.5) is 0 Å². The van der Waals surface area contributed by atoms with E-state index in [-0.39, 0.29) is 32.6 Å². The second-order valence-electron chi connectivity index (χ2n) is 15.3. The first-order valence-corrected chi connectivity index (χ1v) is 24.8. The number of rotatable bonds is 43. The van der Waals surface area contributed by atoms with E-state index in [2.05, 4.69) is 56.4 Å². The van der Waals surface area contributed by atoms with E-state index in [1.807, 2.05) is 12.2 Å². The van der Waals surface area contributed by atoms with Crippen LogP contribution in [-0.2, 0) is 32.7 Å². The van der Waals surface area contributed by atoms with Crippen molar-refractivity contribution in [3.05, 3.63) is 60.8 Å². The van der Waals surface area contributed by atoms with E-state index >= 15 is 0 Å². The highest BCUT2D eigenvalue weighted by atomic mass is 31.2. The van der Waals surface area contributed by atoms with Gasteiger partial charge >= 0.3 is 19.8 Å². The molecule has 0 aromatic carbocycles. The molecule has 0 rings (SSSR count). The van der Waals surface area contributed by atoms with Crippen LogP contribution >= 0.6 is 7.82 Å². The number of hydrogen-bond acceptors (Lipinski definition) is 8. The van der Waals surface area contributed by atoms with Gasteiger partial charge in [0.15, 0.2) is 6.10 Å². The topological polar surface area (TPSA) is 134 Å². The van der Waals surface area contributed by atoms with Crippen LogP contribution in [0.15, 0.2) is 60.8 Å². The first-order chi connectivity index (χ1) is 28.3. The molecule has 0 aliphatic rings. The van der Waals surface area contributed by atoms with Gasteiger partial charge < -0.3 is 20.1 Å². The van der Waals surface area contributed by atoms with E-state index in [1.54, 1.807) is 6.08 Å². The fourth-order valence-corrected chi connectivity index (χ4v) is 7.06. The normalized spacial score (nSPS) is 13.8. The Bertz CT molecular complexity index is 1130. The fourth-order valence-electron chi connectivity index (χ4n) is 6.30. The Morgan fingerprint density at radius 1 is 0.534 bits per heavy atom. The summed E-state index contributed by atoms with van der Waals surface area (Å²) in [6.07, 6.45) is 53.0. The minimum Gasteiger partial charge on any atom is -0.462 e. The van der Waals surface area contributed by atoms with E-state index in [9.17, 15) is 19.0 Å². The van der Waals surface area contributed by atoms with Gasteiger partial charge in [0.25, 0.3) is 0 Å². The molecule has 0 saturated carbocycles. The maximum atomic E-state index is 12.5. The first kappa shape index (κ1) is 55.7. The molecule has 0 heterocycles. The van der Waals surface area contributed by atoms with E-state index in [1.165, 1.54) is 122 Å². The molecule has 58 heavy (non-hydrogen) atoms. The van der Waals surface area contributed by atoms with Gasteiger partial charge in [0, 0.05) is 13.0 Å². The first-order valence-electron chi connectivity index (χ1n) is 23.3. The number of nitrogens with two attached hydrogens (primary N) is 1. The summed E-state index contributed by atoms with van der Waals surface area (Å²) in [4.78, 5) is 34.8. The highest BCUT2D eigenvalue weighted by Crippen LogP contribution is 2.43. The van der Waals surface area contributed by atoms with Crippen molar-refractivity contribution < 1.29 is 37.6 Å². The lowest BCUT2D eigenvalue weighted by atomic mass is 10.0. The lowest BCUT2D eigenvalue weighted by Gasteiger charge is -2.19. The van der Waals surface area contributed by atoms with Crippen LogP contribution in [0.25, 0.3) is 0 Å². The number of esters is 2. The van der Waals surface area contributed by atoms with Crippen molar-refractivity contribution in [3.63, 3.8) is 0 Å². The van der Waals surface area contributed by atoms with Crippen LogP contribution in [0.1, 0.15) is 200 Å². The van der Waals surface area contributed by atoms with Crippen molar-refractivity contribution in [2.75, 3.05) is 26.4 Å². The van der Waals surface area contributed by atoms with Gasteiger partial charge in [-0.25, -0.2) is 4.57 Å².